The topological polar surface area (TPSA) is 12.0 Å². The van der Waals surface area contributed by atoms with E-state index < -0.39 is 0 Å². The Bertz CT molecular complexity index is 382. The van der Waals surface area contributed by atoms with Crippen molar-refractivity contribution < 1.29 is 0 Å². The van der Waals surface area contributed by atoms with Crippen LogP contribution in [0, 0.1) is 18.8 Å². The molecule has 0 amide bonds. The zero-order chi connectivity index (χ0) is 11.1. The molecule has 3 rings (SSSR count). The van der Waals surface area contributed by atoms with Gasteiger partial charge in [-0.2, -0.15) is 0 Å². The molecule has 1 nitrogen and oxygen atoms in total. The molecule has 2 aliphatic rings. The van der Waals surface area contributed by atoms with Crippen LogP contribution in [0.3, 0.4) is 0 Å². The highest BCUT2D eigenvalue weighted by Gasteiger charge is 2.41. The second-order valence-corrected chi connectivity index (χ2v) is 6.22. The summed E-state index contributed by atoms with van der Waals surface area (Å²) in [5.41, 5.74) is 2.67. The van der Waals surface area contributed by atoms with Crippen molar-refractivity contribution in [3.63, 3.8) is 0 Å². The molecule has 0 spiro atoms. The molecule has 0 atom stereocenters. The summed E-state index contributed by atoms with van der Waals surface area (Å²) in [7, 11) is 0. The van der Waals surface area contributed by atoms with Crippen LogP contribution in [0.2, 0.25) is 0 Å². The Labute approximate surface area is 106 Å². The second-order valence-electron chi connectivity index (χ2n) is 5.30. The van der Waals surface area contributed by atoms with E-state index in [1.807, 2.05) is 0 Å². The van der Waals surface area contributed by atoms with Crippen LogP contribution in [-0.2, 0) is 0 Å². The standard InChI is InChI=1S/C14H18BrN/c1-9-8-12(15)6-7-13(9)16-14(10-2-3-10)11-4-5-11/h6-8,10-11,14,16H,2-5H2,1H3. The maximum absolute atomic E-state index is 3.78. The number of hydrogen-bond donors (Lipinski definition) is 1. The molecular weight excluding hydrogens is 262 g/mol. The number of halogens is 1. The first-order valence-electron chi connectivity index (χ1n) is 6.27. The van der Waals surface area contributed by atoms with E-state index in [-0.39, 0.29) is 0 Å². The average Bonchev–Trinajstić information content (AvgIpc) is 3.11. The van der Waals surface area contributed by atoms with Crippen molar-refractivity contribution in [1.29, 1.82) is 0 Å². The summed E-state index contributed by atoms with van der Waals surface area (Å²) in [6, 6.07) is 7.28. The molecule has 1 aromatic carbocycles. The molecule has 0 aliphatic heterocycles. The van der Waals surface area contributed by atoms with E-state index in [0.717, 1.165) is 17.9 Å². The van der Waals surface area contributed by atoms with Crippen molar-refractivity contribution in [2.45, 2.75) is 38.6 Å². The van der Waals surface area contributed by atoms with Gasteiger partial charge in [0.25, 0.3) is 0 Å². The molecule has 2 heteroatoms. The fraction of sp³-hybridized carbons (Fsp3) is 0.571. The average molecular weight is 280 g/mol. The van der Waals surface area contributed by atoms with Crippen LogP contribution in [0.4, 0.5) is 5.69 Å². The zero-order valence-electron chi connectivity index (χ0n) is 9.67. The van der Waals surface area contributed by atoms with Crippen molar-refractivity contribution in [2.24, 2.45) is 11.8 Å². The van der Waals surface area contributed by atoms with Crippen LogP contribution < -0.4 is 5.32 Å². The highest BCUT2D eigenvalue weighted by atomic mass is 79.9. The molecule has 0 radical (unpaired) electrons. The van der Waals surface area contributed by atoms with Crippen molar-refractivity contribution in [3.8, 4) is 0 Å². The van der Waals surface area contributed by atoms with Crippen molar-refractivity contribution in [2.75, 3.05) is 5.32 Å². The fourth-order valence-corrected chi connectivity index (χ4v) is 2.98. The molecule has 2 aliphatic carbocycles. The van der Waals surface area contributed by atoms with Crippen LogP contribution in [0.25, 0.3) is 0 Å². The van der Waals surface area contributed by atoms with Gasteiger partial charge < -0.3 is 5.32 Å². The van der Waals surface area contributed by atoms with Crippen LogP contribution in [-0.4, -0.2) is 6.04 Å². The van der Waals surface area contributed by atoms with Gasteiger partial charge in [-0.25, -0.2) is 0 Å². The van der Waals surface area contributed by atoms with Crippen LogP contribution in [0.15, 0.2) is 22.7 Å². The van der Waals surface area contributed by atoms with E-state index in [4.69, 9.17) is 0 Å². The Kier molecular flexibility index (Phi) is 2.70. The maximum Gasteiger partial charge on any atom is 0.0373 e. The van der Waals surface area contributed by atoms with Gasteiger partial charge in [0.15, 0.2) is 0 Å². The van der Waals surface area contributed by atoms with E-state index in [1.54, 1.807) is 0 Å². The summed E-state index contributed by atoms with van der Waals surface area (Å²) >= 11 is 3.52. The number of nitrogens with one attached hydrogen (secondary N) is 1. The zero-order valence-corrected chi connectivity index (χ0v) is 11.3. The predicted molar refractivity (Wildman–Crippen MR) is 71.7 cm³/mol. The van der Waals surface area contributed by atoms with Gasteiger partial charge in [-0.3, -0.25) is 0 Å². The number of benzene rings is 1. The number of anilines is 1. The van der Waals surface area contributed by atoms with Crippen LogP contribution in [0.1, 0.15) is 31.2 Å². The lowest BCUT2D eigenvalue weighted by Crippen LogP contribution is -2.24. The van der Waals surface area contributed by atoms with Crippen LogP contribution in [0.5, 0.6) is 0 Å². The predicted octanol–water partition coefficient (Wildman–Crippen LogP) is 4.36. The van der Waals surface area contributed by atoms with Gasteiger partial charge in [0.05, 0.1) is 0 Å². The molecule has 86 valence electrons. The molecule has 16 heavy (non-hydrogen) atoms. The Morgan fingerprint density at radius 1 is 1.19 bits per heavy atom. The lowest BCUT2D eigenvalue weighted by molar-refractivity contribution is 0.567. The van der Waals surface area contributed by atoms with E-state index in [9.17, 15) is 0 Å². The van der Waals surface area contributed by atoms with E-state index in [2.05, 4.69) is 46.4 Å². The molecule has 2 fully saturated rings. The third kappa shape index (κ3) is 2.27. The molecule has 1 aromatic rings. The van der Waals surface area contributed by atoms with Gasteiger partial charge >= 0.3 is 0 Å². The monoisotopic (exact) mass is 279 g/mol. The Balaban J connectivity index is 1.76. The summed E-state index contributed by atoms with van der Waals surface area (Å²) < 4.78 is 1.17. The van der Waals surface area contributed by atoms with Gasteiger partial charge in [-0.05, 0) is 68.2 Å². The van der Waals surface area contributed by atoms with Gasteiger partial charge in [0, 0.05) is 16.2 Å². The highest BCUT2D eigenvalue weighted by molar-refractivity contribution is 9.10. The normalized spacial score (nSPS) is 20.2. The summed E-state index contributed by atoms with van der Waals surface area (Å²) in [5, 5.41) is 3.78. The number of hydrogen-bond acceptors (Lipinski definition) is 1. The lowest BCUT2D eigenvalue weighted by atomic mass is 10.1. The minimum atomic E-state index is 0.750. The van der Waals surface area contributed by atoms with Crippen molar-refractivity contribution >= 4 is 21.6 Å². The summed E-state index contributed by atoms with van der Waals surface area (Å²) in [4.78, 5) is 0. The molecule has 0 saturated heterocycles. The largest absolute Gasteiger partial charge is 0.382 e. The minimum absolute atomic E-state index is 0.750. The second kappa shape index (κ2) is 4.06. The first-order valence-corrected chi connectivity index (χ1v) is 7.06. The Morgan fingerprint density at radius 2 is 1.81 bits per heavy atom. The van der Waals surface area contributed by atoms with Crippen molar-refractivity contribution in [3.05, 3.63) is 28.2 Å². The van der Waals surface area contributed by atoms with E-state index in [0.29, 0.717) is 0 Å². The number of rotatable bonds is 4. The summed E-state index contributed by atoms with van der Waals surface area (Å²) in [5.74, 6) is 1.91. The third-order valence-corrected chi connectivity index (χ3v) is 4.26. The lowest BCUT2D eigenvalue weighted by Gasteiger charge is -2.20. The maximum atomic E-state index is 3.78. The molecular formula is C14H18BrN. The highest BCUT2D eigenvalue weighted by Crippen LogP contribution is 2.46. The van der Waals surface area contributed by atoms with Gasteiger partial charge in [-0.1, -0.05) is 15.9 Å². The van der Waals surface area contributed by atoms with Gasteiger partial charge in [-0.15, -0.1) is 0 Å². The Hall–Kier alpha value is -0.500. The first kappa shape index (κ1) is 10.6. The molecule has 1 N–H and O–H groups in total. The third-order valence-electron chi connectivity index (χ3n) is 3.77. The molecule has 0 unspecified atom stereocenters. The smallest absolute Gasteiger partial charge is 0.0373 e. The minimum Gasteiger partial charge on any atom is -0.382 e. The van der Waals surface area contributed by atoms with Gasteiger partial charge in [0.1, 0.15) is 0 Å². The fourth-order valence-electron chi connectivity index (χ4n) is 2.50. The van der Waals surface area contributed by atoms with Crippen molar-refractivity contribution in [1.82, 2.24) is 0 Å². The van der Waals surface area contributed by atoms with E-state index in [1.165, 1.54) is 41.4 Å². The first-order chi connectivity index (χ1) is 7.74. The van der Waals surface area contributed by atoms with Gasteiger partial charge in [0.2, 0.25) is 0 Å². The molecule has 0 bridgehead atoms. The van der Waals surface area contributed by atoms with Crippen LogP contribution >= 0.6 is 15.9 Å². The summed E-state index contributed by atoms with van der Waals surface area (Å²) in [6.45, 7) is 2.18. The van der Waals surface area contributed by atoms with E-state index >= 15 is 0 Å². The summed E-state index contributed by atoms with van der Waals surface area (Å²) in [6.07, 6.45) is 5.74. The molecule has 0 aromatic heterocycles. The SMILES string of the molecule is Cc1cc(Br)ccc1NC(C1CC1)C1CC1. The molecule has 0 heterocycles. The molecule has 2 saturated carbocycles. The Morgan fingerprint density at radius 3 is 2.31 bits per heavy atom. The quantitative estimate of drug-likeness (QED) is 0.864. The number of aryl methyl sites for hydroxylation is 1.